The molecular formula is C5H8ClN3OS. The summed E-state index contributed by atoms with van der Waals surface area (Å²) in [5.74, 6) is 1.15. The summed E-state index contributed by atoms with van der Waals surface area (Å²) in [7, 11) is 0. The van der Waals surface area contributed by atoms with Crippen molar-refractivity contribution in [2.75, 3.05) is 13.1 Å². The predicted octanol–water partition coefficient (Wildman–Crippen LogP) is 0.841. The number of rotatable bonds is 1. The van der Waals surface area contributed by atoms with Gasteiger partial charge in [0.05, 0.1) is 5.92 Å². The van der Waals surface area contributed by atoms with Crippen LogP contribution in [0, 0.1) is 4.84 Å². The van der Waals surface area contributed by atoms with Gasteiger partial charge in [0.1, 0.15) is 0 Å². The van der Waals surface area contributed by atoms with E-state index in [9.17, 15) is 0 Å². The Kier molecular flexibility index (Phi) is 2.64. The summed E-state index contributed by atoms with van der Waals surface area (Å²) in [5.41, 5.74) is 0. The summed E-state index contributed by atoms with van der Waals surface area (Å²) >= 11 is 4.72. The maximum absolute atomic E-state index is 5.10. The van der Waals surface area contributed by atoms with Crippen LogP contribution < -0.4 is 5.32 Å². The van der Waals surface area contributed by atoms with E-state index in [0.29, 0.717) is 10.8 Å². The van der Waals surface area contributed by atoms with Crippen molar-refractivity contribution in [1.82, 2.24) is 15.5 Å². The van der Waals surface area contributed by atoms with Crippen LogP contribution in [0.1, 0.15) is 11.8 Å². The standard InChI is InChI=1S/C5H7N3OS.ClH/c10-5-8-7-4(9-5)3-1-6-2-3;/h3,6H,1-2H2,(H,8,10);1H. The van der Waals surface area contributed by atoms with Crippen molar-refractivity contribution < 1.29 is 4.42 Å². The molecule has 0 aliphatic carbocycles. The molecule has 0 amide bonds. The van der Waals surface area contributed by atoms with Crippen molar-refractivity contribution in [3.05, 3.63) is 10.7 Å². The number of halogens is 1. The molecule has 0 unspecified atom stereocenters. The predicted molar refractivity (Wildman–Crippen MR) is 44.5 cm³/mol. The lowest BCUT2D eigenvalue weighted by Gasteiger charge is -2.22. The molecule has 2 heterocycles. The molecule has 0 aromatic carbocycles. The molecule has 1 saturated heterocycles. The van der Waals surface area contributed by atoms with Crippen LogP contribution in [0.2, 0.25) is 0 Å². The quantitative estimate of drug-likeness (QED) is 0.650. The fraction of sp³-hybridized carbons (Fsp3) is 0.600. The van der Waals surface area contributed by atoms with Crippen LogP contribution in [0.3, 0.4) is 0 Å². The number of aromatic amines is 1. The Balaban J connectivity index is 0.000000605. The first-order valence-electron chi connectivity index (χ1n) is 3.12. The van der Waals surface area contributed by atoms with Gasteiger partial charge in [-0.05, 0) is 12.2 Å². The lowest BCUT2D eigenvalue weighted by Crippen LogP contribution is -2.40. The average molecular weight is 194 g/mol. The van der Waals surface area contributed by atoms with Crippen LogP contribution in [0.4, 0.5) is 0 Å². The van der Waals surface area contributed by atoms with Crippen molar-refractivity contribution in [3.63, 3.8) is 0 Å². The number of nitrogens with one attached hydrogen (secondary N) is 2. The monoisotopic (exact) mass is 193 g/mol. The minimum Gasteiger partial charge on any atom is -0.414 e. The van der Waals surface area contributed by atoms with E-state index >= 15 is 0 Å². The second-order valence-electron chi connectivity index (χ2n) is 2.31. The van der Waals surface area contributed by atoms with Crippen molar-refractivity contribution in [2.45, 2.75) is 5.92 Å². The zero-order valence-corrected chi connectivity index (χ0v) is 7.30. The van der Waals surface area contributed by atoms with E-state index in [2.05, 4.69) is 15.5 Å². The van der Waals surface area contributed by atoms with E-state index in [1.807, 2.05) is 0 Å². The minimum absolute atomic E-state index is 0. The smallest absolute Gasteiger partial charge is 0.284 e. The Morgan fingerprint density at radius 3 is 2.64 bits per heavy atom. The van der Waals surface area contributed by atoms with Gasteiger partial charge in [-0.1, -0.05) is 0 Å². The van der Waals surface area contributed by atoms with Gasteiger partial charge in [-0.25, -0.2) is 5.10 Å². The minimum atomic E-state index is 0. The topological polar surface area (TPSA) is 53.9 Å². The summed E-state index contributed by atoms with van der Waals surface area (Å²) in [4.78, 5) is 0.363. The van der Waals surface area contributed by atoms with Crippen molar-refractivity contribution in [3.8, 4) is 0 Å². The van der Waals surface area contributed by atoms with E-state index in [1.165, 1.54) is 0 Å². The molecule has 0 saturated carbocycles. The fourth-order valence-corrected chi connectivity index (χ4v) is 1.01. The number of nitrogens with zero attached hydrogens (tertiary/aromatic N) is 1. The molecule has 0 bridgehead atoms. The maximum Gasteiger partial charge on any atom is 0.284 e. The molecule has 1 aliphatic rings. The van der Waals surface area contributed by atoms with Crippen molar-refractivity contribution in [2.24, 2.45) is 0 Å². The van der Waals surface area contributed by atoms with Crippen LogP contribution in [0.5, 0.6) is 0 Å². The molecule has 6 heteroatoms. The molecule has 1 fully saturated rings. The highest BCUT2D eigenvalue weighted by Crippen LogP contribution is 2.16. The fourth-order valence-electron chi connectivity index (χ4n) is 0.879. The molecule has 2 N–H and O–H groups in total. The van der Waals surface area contributed by atoms with Gasteiger partial charge in [0.15, 0.2) is 0 Å². The van der Waals surface area contributed by atoms with Gasteiger partial charge in [0, 0.05) is 13.1 Å². The van der Waals surface area contributed by atoms with E-state index in [4.69, 9.17) is 16.6 Å². The molecule has 0 spiro atoms. The molecule has 0 radical (unpaired) electrons. The molecule has 11 heavy (non-hydrogen) atoms. The van der Waals surface area contributed by atoms with Crippen molar-refractivity contribution >= 4 is 24.6 Å². The zero-order chi connectivity index (χ0) is 6.97. The largest absolute Gasteiger partial charge is 0.414 e. The van der Waals surface area contributed by atoms with Crippen LogP contribution in [-0.2, 0) is 0 Å². The summed E-state index contributed by atoms with van der Waals surface area (Å²) in [6, 6.07) is 0. The molecule has 1 aromatic heterocycles. The summed E-state index contributed by atoms with van der Waals surface area (Å²) in [6.07, 6.45) is 0. The van der Waals surface area contributed by atoms with Crippen LogP contribution >= 0.6 is 24.6 Å². The summed E-state index contributed by atoms with van der Waals surface area (Å²) in [5, 5.41) is 9.61. The van der Waals surface area contributed by atoms with E-state index < -0.39 is 0 Å². The highest BCUT2D eigenvalue weighted by atomic mass is 35.5. The number of H-pyrrole nitrogens is 1. The first-order valence-corrected chi connectivity index (χ1v) is 3.53. The van der Waals surface area contributed by atoms with Gasteiger partial charge in [0.2, 0.25) is 5.89 Å². The van der Waals surface area contributed by atoms with Gasteiger partial charge < -0.3 is 9.73 Å². The first kappa shape index (κ1) is 8.70. The van der Waals surface area contributed by atoms with E-state index in [1.54, 1.807) is 0 Å². The molecule has 1 aromatic rings. The highest BCUT2D eigenvalue weighted by molar-refractivity contribution is 7.71. The molecule has 4 nitrogen and oxygen atoms in total. The third-order valence-electron chi connectivity index (χ3n) is 1.59. The molecule has 0 atom stereocenters. The lowest BCUT2D eigenvalue weighted by atomic mass is 10.0. The van der Waals surface area contributed by atoms with Gasteiger partial charge in [-0.2, -0.15) is 0 Å². The number of hydrogen-bond donors (Lipinski definition) is 2. The SMILES string of the molecule is Cl.S=c1[nH]nc(C2CNC2)o1. The maximum atomic E-state index is 5.10. The van der Waals surface area contributed by atoms with Crippen LogP contribution in [0.15, 0.2) is 4.42 Å². The summed E-state index contributed by atoms with van der Waals surface area (Å²) < 4.78 is 5.10. The van der Waals surface area contributed by atoms with Gasteiger partial charge in [-0.3, -0.25) is 0 Å². The van der Waals surface area contributed by atoms with Gasteiger partial charge >= 0.3 is 0 Å². The third-order valence-corrected chi connectivity index (χ3v) is 1.76. The zero-order valence-electron chi connectivity index (χ0n) is 5.66. The number of aromatic nitrogens is 2. The Morgan fingerprint density at radius 2 is 2.27 bits per heavy atom. The molecule has 2 rings (SSSR count). The van der Waals surface area contributed by atoms with Crippen LogP contribution in [-0.4, -0.2) is 23.3 Å². The van der Waals surface area contributed by atoms with Gasteiger partial charge in [0.25, 0.3) is 4.84 Å². The Bertz CT molecular complexity index is 279. The Labute approximate surface area is 74.8 Å². The average Bonchev–Trinajstić information content (AvgIpc) is 2.10. The normalized spacial score (nSPS) is 17.1. The molecule has 1 aliphatic heterocycles. The lowest BCUT2D eigenvalue weighted by molar-refractivity contribution is 0.353. The Morgan fingerprint density at radius 1 is 1.55 bits per heavy atom. The van der Waals surface area contributed by atoms with E-state index in [-0.39, 0.29) is 12.4 Å². The molecule has 62 valence electrons. The van der Waals surface area contributed by atoms with E-state index in [0.717, 1.165) is 19.0 Å². The van der Waals surface area contributed by atoms with Gasteiger partial charge in [-0.15, -0.1) is 17.5 Å². The Hall–Kier alpha value is -0.390. The second kappa shape index (κ2) is 3.34. The van der Waals surface area contributed by atoms with Crippen LogP contribution in [0.25, 0.3) is 0 Å². The third kappa shape index (κ3) is 1.61. The van der Waals surface area contributed by atoms with Crippen molar-refractivity contribution in [1.29, 1.82) is 0 Å². The molecular weight excluding hydrogens is 186 g/mol. The second-order valence-corrected chi connectivity index (χ2v) is 2.68. The highest BCUT2D eigenvalue weighted by Gasteiger charge is 2.23. The summed E-state index contributed by atoms with van der Waals surface area (Å²) in [6.45, 7) is 1.90. The first-order chi connectivity index (χ1) is 4.86. The number of hydrogen-bond acceptors (Lipinski definition) is 4.